The first-order valence-corrected chi connectivity index (χ1v) is 10.2. The van der Waals surface area contributed by atoms with Crippen molar-refractivity contribution in [1.82, 2.24) is 0 Å². The van der Waals surface area contributed by atoms with Gasteiger partial charge >= 0.3 is 0 Å². The van der Waals surface area contributed by atoms with Gasteiger partial charge in [0.05, 0.1) is 29.1 Å². The van der Waals surface area contributed by atoms with Crippen molar-refractivity contribution in [2.24, 2.45) is 0 Å². The Kier molecular flexibility index (Phi) is 7.33. The monoisotopic (exact) mass is 477 g/mol. The Morgan fingerprint density at radius 2 is 1.68 bits per heavy atom. The highest BCUT2D eigenvalue weighted by molar-refractivity contribution is 7.80. The zero-order valence-corrected chi connectivity index (χ0v) is 18.9. The van der Waals surface area contributed by atoms with Gasteiger partial charge in [-0.3, -0.25) is 4.79 Å². The molecule has 1 amide bonds. The number of benzene rings is 3. The van der Waals surface area contributed by atoms with Crippen LogP contribution in [0.2, 0.25) is 10.0 Å². The standard InChI is InChI=1S/C22H18Cl2FN3O2S/c1-12-9-20(30-2)19(11-15(12)23)28-22(31)27-18-8-7-13(10-16(18)24)26-21(29)14-5-3-4-6-17(14)25/h3-11H,1-2H3,(H,26,29)(H2,27,28,31). The van der Waals surface area contributed by atoms with Crippen LogP contribution in [0, 0.1) is 12.7 Å². The Hall–Kier alpha value is -2.87. The number of hydrogen-bond donors (Lipinski definition) is 3. The van der Waals surface area contributed by atoms with Gasteiger partial charge in [-0.2, -0.15) is 0 Å². The molecule has 3 N–H and O–H groups in total. The van der Waals surface area contributed by atoms with Gasteiger partial charge in [-0.1, -0.05) is 35.3 Å². The molecule has 31 heavy (non-hydrogen) atoms. The number of amides is 1. The first-order chi connectivity index (χ1) is 14.8. The van der Waals surface area contributed by atoms with Gasteiger partial charge in [-0.05, 0) is 67.2 Å². The normalized spacial score (nSPS) is 10.4. The van der Waals surface area contributed by atoms with E-state index in [0.717, 1.165) is 5.56 Å². The van der Waals surface area contributed by atoms with E-state index in [1.165, 1.54) is 24.3 Å². The zero-order chi connectivity index (χ0) is 22.5. The van der Waals surface area contributed by atoms with Gasteiger partial charge in [0, 0.05) is 10.7 Å². The second-order valence-corrected chi connectivity index (χ2v) is 7.73. The summed E-state index contributed by atoms with van der Waals surface area (Å²) < 4.78 is 19.1. The molecule has 3 aromatic rings. The van der Waals surface area contributed by atoms with Crippen molar-refractivity contribution in [3.05, 3.63) is 81.6 Å². The zero-order valence-electron chi connectivity index (χ0n) is 16.6. The molecule has 0 radical (unpaired) electrons. The number of ether oxygens (including phenoxy) is 1. The summed E-state index contributed by atoms with van der Waals surface area (Å²) in [6.45, 7) is 1.87. The molecule has 0 aromatic heterocycles. The summed E-state index contributed by atoms with van der Waals surface area (Å²) >= 11 is 17.9. The Balaban J connectivity index is 1.69. The van der Waals surface area contributed by atoms with Crippen LogP contribution in [0.1, 0.15) is 15.9 Å². The molecule has 0 atom stereocenters. The van der Waals surface area contributed by atoms with Crippen LogP contribution in [0.3, 0.4) is 0 Å². The third kappa shape index (κ3) is 5.64. The van der Waals surface area contributed by atoms with Gasteiger partial charge in [0.15, 0.2) is 5.11 Å². The third-order valence-electron chi connectivity index (χ3n) is 4.32. The Morgan fingerprint density at radius 1 is 0.968 bits per heavy atom. The summed E-state index contributed by atoms with van der Waals surface area (Å²) in [6, 6.07) is 14.0. The quantitative estimate of drug-likeness (QED) is 0.365. The predicted octanol–water partition coefficient (Wildman–Crippen LogP) is 6.51. The third-order valence-corrected chi connectivity index (χ3v) is 5.25. The molecule has 0 heterocycles. The number of aryl methyl sites for hydroxylation is 1. The van der Waals surface area contributed by atoms with Crippen LogP contribution in [-0.4, -0.2) is 18.1 Å². The van der Waals surface area contributed by atoms with Gasteiger partial charge in [-0.25, -0.2) is 4.39 Å². The number of nitrogens with one attached hydrogen (secondary N) is 3. The van der Waals surface area contributed by atoms with E-state index in [0.29, 0.717) is 32.9 Å². The lowest BCUT2D eigenvalue weighted by atomic mass is 10.2. The van der Waals surface area contributed by atoms with Gasteiger partial charge in [0.2, 0.25) is 0 Å². The summed E-state index contributed by atoms with van der Waals surface area (Å²) in [4.78, 5) is 12.3. The van der Waals surface area contributed by atoms with E-state index >= 15 is 0 Å². The molecule has 3 aromatic carbocycles. The minimum absolute atomic E-state index is 0.0584. The smallest absolute Gasteiger partial charge is 0.258 e. The molecular weight excluding hydrogens is 460 g/mol. The van der Waals surface area contributed by atoms with Crippen molar-refractivity contribution in [3.8, 4) is 5.75 Å². The van der Waals surface area contributed by atoms with Crippen molar-refractivity contribution in [3.63, 3.8) is 0 Å². The minimum atomic E-state index is -0.604. The van der Waals surface area contributed by atoms with Crippen molar-refractivity contribution in [2.75, 3.05) is 23.1 Å². The lowest BCUT2D eigenvalue weighted by Gasteiger charge is -2.16. The van der Waals surface area contributed by atoms with Gasteiger partial charge < -0.3 is 20.7 Å². The summed E-state index contributed by atoms with van der Waals surface area (Å²) in [5.74, 6) is -0.591. The van der Waals surface area contributed by atoms with E-state index in [-0.39, 0.29) is 10.7 Å². The number of anilines is 3. The van der Waals surface area contributed by atoms with Gasteiger partial charge in [0.1, 0.15) is 11.6 Å². The molecule has 0 saturated heterocycles. The van der Waals surface area contributed by atoms with Crippen LogP contribution in [0.15, 0.2) is 54.6 Å². The molecule has 0 aliphatic carbocycles. The summed E-state index contributed by atoms with van der Waals surface area (Å²) in [5, 5.41) is 9.76. The molecular formula is C22H18Cl2FN3O2S. The van der Waals surface area contributed by atoms with E-state index in [1.807, 2.05) is 6.92 Å². The maximum Gasteiger partial charge on any atom is 0.258 e. The topological polar surface area (TPSA) is 62.4 Å². The van der Waals surface area contributed by atoms with Gasteiger partial charge in [-0.15, -0.1) is 0 Å². The van der Waals surface area contributed by atoms with E-state index < -0.39 is 11.7 Å². The SMILES string of the molecule is COc1cc(C)c(Cl)cc1NC(=S)Nc1ccc(NC(=O)c2ccccc2F)cc1Cl. The molecule has 160 valence electrons. The fourth-order valence-corrected chi connectivity index (χ4v) is 3.35. The number of rotatable bonds is 5. The maximum atomic E-state index is 13.8. The minimum Gasteiger partial charge on any atom is -0.495 e. The molecule has 0 bridgehead atoms. The number of carbonyl (C=O) groups excluding carboxylic acids is 1. The summed E-state index contributed by atoms with van der Waals surface area (Å²) in [5.41, 5.74) is 2.34. The second-order valence-electron chi connectivity index (χ2n) is 6.51. The Labute approximate surface area is 194 Å². The van der Waals surface area contributed by atoms with Crippen LogP contribution in [0.4, 0.5) is 21.5 Å². The number of thiocarbonyl (C=S) groups is 1. The average molecular weight is 478 g/mol. The van der Waals surface area contributed by atoms with Crippen LogP contribution >= 0.6 is 35.4 Å². The van der Waals surface area contributed by atoms with Crippen molar-refractivity contribution in [1.29, 1.82) is 0 Å². The molecule has 5 nitrogen and oxygen atoms in total. The highest BCUT2D eigenvalue weighted by Gasteiger charge is 2.13. The predicted molar refractivity (Wildman–Crippen MR) is 128 cm³/mol. The molecule has 0 spiro atoms. The van der Waals surface area contributed by atoms with E-state index in [1.54, 1.807) is 37.4 Å². The van der Waals surface area contributed by atoms with E-state index in [4.69, 9.17) is 40.2 Å². The highest BCUT2D eigenvalue weighted by Crippen LogP contribution is 2.31. The fourth-order valence-electron chi connectivity index (χ4n) is 2.74. The number of hydrogen-bond acceptors (Lipinski definition) is 3. The number of halogens is 3. The van der Waals surface area contributed by atoms with Crippen LogP contribution in [0.25, 0.3) is 0 Å². The molecule has 0 fully saturated rings. The fraction of sp³-hybridized carbons (Fsp3) is 0.0909. The summed E-state index contributed by atoms with van der Waals surface area (Å²) in [6.07, 6.45) is 0. The average Bonchev–Trinajstić information content (AvgIpc) is 2.72. The Morgan fingerprint density at radius 3 is 2.35 bits per heavy atom. The van der Waals surface area contributed by atoms with Crippen molar-refractivity contribution >= 4 is 63.5 Å². The summed E-state index contributed by atoms with van der Waals surface area (Å²) in [7, 11) is 1.55. The van der Waals surface area contributed by atoms with Gasteiger partial charge in [0.25, 0.3) is 5.91 Å². The molecule has 0 saturated carbocycles. The molecule has 9 heteroatoms. The van der Waals surface area contributed by atoms with Crippen LogP contribution in [-0.2, 0) is 0 Å². The lowest BCUT2D eigenvalue weighted by Crippen LogP contribution is -2.20. The van der Waals surface area contributed by atoms with Crippen molar-refractivity contribution < 1.29 is 13.9 Å². The molecule has 3 rings (SSSR count). The van der Waals surface area contributed by atoms with E-state index in [2.05, 4.69) is 16.0 Å². The van der Waals surface area contributed by atoms with E-state index in [9.17, 15) is 9.18 Å². The number of carbonyl (C=O) groups is 1. The van der Waals surface area contributed by atoms with Crippen LogP contribution < -0.4 is 20.7 Å². The molecule has 0 aliphatic heterocycles. The van der Waals surface area contributed by atoms with Crippen LogP contribution in [0.5, 0.6) is 5.75 Å². The maximum absolute atomic E-state index is 13.8. The Bertz CT molecular complexity index is 1160. The first-order valence-electron chi connectivity index (χ1n) is 9.06. The first kappa shape index (κ1) is 22.8. The number of methoxy groups -OCH3 is 1. The highest BCUT2D eigenvalue weighted by atomic mass is 35.5. The lowest BCUT2D eigenvalue weighted by molar-refractivity contribution is 0.102. The molecule has 0 unspecified atom stereocenters. The second kappa shape index (κ2) is 9.96. The van der Waals surface area contributed by atoms with Crippen molar-refractivity contribution in [2.45, 2.75) is 6.92 Å². The molecule has 0 aliphatic rings. The largest absolute Gasteiger partial charge is 0.495 e.